The minimum absolute atomic E-state index is 0.221. The van der Waals surface area contributed by atoms with Crippen molar-refractivity contribution in [3.8, 4) is 0 Å². The van der Waals surface area contributed by atoms with Crippen LogP contribution >= 0.6 is 0 Å². The summed E-state index contributed by atoms with van der Waals surface area (Å²) in [6.07, 6.45) is 0. The summed E-state index contributed by atoms with van der Waals surface area (Å²) in [5.41, 5.74) is 3.25. The van der Waals surface area contributed by atoms with Gasteiger partial charge in [0.2, 0.25) is 5.66 Å². The topological polar surface area (TPSA) is 65.8 Å². The molecule has 5 aromatic rings. The summed E-state index contributed by atoms with van der Waals surface area (Å²) in [4.78, 5) is 31.1. The molecular formula is C28H19N3O3. The molecule has 6 heteroatoms. The maximum absolute atomic E-state index is 14.0. The molecule has 0 radical (unpaired) electrons. The predicted molar refractivity (Wildman–Crippen MR) is 132 cm³/mol. The maximum Gasteiger partial charge on any atom is 0.278 e. The van der Waals surface area contributed by atoms with Gasteiger partial charge in [0.15, 0.2) is 0 Å². The monoisotopic (exact) mass is 445 g/mol. The van der Waals surface area contributed by atoms with Crippen LogP contribution in [-0.2, 0) is 10.5 Å². The van der Waals surface area contributed by atoms with E-state index in [1.807, 2.05) is 84.9 Å². The van der Waals surface area contributed by atoms with Gasteiger partial charge in [0, 0.05) is 35.1 Å². The Hall–Kier alpha value is -4.58. The number of carbonyl (C=O) groups is 2. The lowest BCUT2D eigenvalue weighted by Crippen LogP contribution is -2.62. The Balaban J connectivity index is 1.52. The van der Waals surface area contributed by atoms with Crippen LogP contribution in [0.2, 0.25) is 0 Å². The van der Waals surface area contributed by atoms with Crippen molar-refractivity contribution < 1.29 is 14.0 Å². The van der Waals surface area contributed by atoms with Crippen LogP contribution in [0.3, 0.4) is 0 Å². The van der Waals surface area contributed by atoms with E-state index in [0.717, 1.165) is 27.6 Å². The Bertz CT molecular complexity index is 1670. The summed E-state index contributed by atoms with van der Waals surface area (Å²) in [6, 6.07) is 28.4. The molecule has 0 bridgehead atoms. The first-order chi connectivity index (χ1) is 16.6. The van der Waals surface area contributed by atoms with Gasteiger partial charge in [-0.3, -0.25) is 14.5 Å². The van der Waals surface area contributed by atoms with Crippen LogP contribution in [0.15, 0.2) is 95.4 Å². The molecule has 0 saturated heterocycles. The normalized spacial score (nSPS) is 19.1. The average molecular weight is 445 g/mol. The van der Waals surface area contributed by atoms with Gasteiger partial charge in [-0.2, -0.15) is 0 Å². The summed E-state index contributed by atoms with van der Waals surface area (Å²) >= 11 is 0. The molecule has 1 atom stereocenters. The number of hydrogen-bond donors (Lipinski definition) is 1. The Labute approximate surface area is 195 Å². The number of furan rings is 1. The lowest BCUT2D eigenvalue weighted by atomic mass is 9.92. The molecule has 1 N–H and O–H groups in total. The van der Waals surface area contributed by atoms with Crippen LogP contribution in [0.25, 0.3) is 21.9 Å². The average Bonchev–Trinajstić information content (AvgIpc) is 3.34. The van der Waals surface area contributed by atoms with E-state index in [2.05, 4.69) is 5.32 Å². The molecule has 34 heavy (non-hydrogen) atoms. The molecule has 164 valence electrons. The lowest BCUT2D eigenvalue weighted by Gasteiger charge is -2.44. The zero-order valence-electron chi connectivity index (χ0n) is 18.3. The zero-order chi connectivity index (χ0) is 23.0. The van der Waals surface area contributed by atoms with Crippen LogP contribution in [0.1, 0.15) is 15.9 Å². The second kappa shape index (κ2) is 6.48. The molecule has 3 heterocycles. The molecule has 6 nitrogen and oxygen atoms in total. The Morgan fingerprint density at radius 2 is 1.53 bits per heavy atom. The number of rotatable bonds is 1. The predicted octanol–water partition coefficient (Wildman–Crippen LogP) is 5.49. The molecule has 0 aliphatic carbocycles. The van der Waals surface area contributed by atoms with E-state index in [0.29, 0.717) is 22.5 Å². The van der Waals surface area contributed by atoms with Crippen molar-refractivity contribution in [1.29, 1.82) is 0 Å². The van der Waals surface area contributed by atoms with Crippen molar-refractivity contribution >= 4 is 50.8 Å². The highest BCUT2D eigenvalue weighted by molar-refractivity contribution is 6.23. The molecule has 1 aromatic heterocycles. The number of benzene rings is 4. The van der Waals surface area contributed by atoms with Crippen LogP contribution < -0.4 is 15.1 Å². The molecule has 0 saturated carbocycles. The fraction of sp³-hybridized carbons (Fsp3) is 0.0714. The molecule has 0 fully saturated rings. The van der Waals surface area contributed by atoms with E-state index >= 15 is 0 Å². The van der Waals surface area contributed by atoms with Gasteiger partial charge in [0.25, 0.3) is 11.8 Å². The summed E-state index contributed by atoms with van der Waals surface area (Å²) in [6.45, 7) is 0. The van der Waals surface area contributed by atoms with E-state index in [1.54, 1.807) is 22.9 Å². The van der Waals surface area contributed by atoms with Gasteiger partial charge >= 0.3 is 0 Å². The highest BCUT2D eigenvalue weighted by atomic mass is 16.3. The number of fused-ring (bicyclic) bond motifs is 6. The van der Waals surface area contributed by atoms with Gasteiger partial charge < -0.3 is 14.6 Å². The minimum Gasteiger partial charge on any atom is -0.456 e. The van der Waals surface area contributed by atoms with Crippen LogP contribution in [0.5, 0.6) is 0 Å². The number of hydrogen-bond acceptors (Lipinski definition) is 4. The van der Waals surface area contributed by atoms with Crippen molar-refractivity contribution in [2.45, 2.75) is 5.66 Å². The number of nitrogens with one attached hydrogen (secondary N) is 1. The van der Waals surface area contributed by atoms with Gasteiger partial charge in [-0.15, -0.1) is 0 Å². The van der Waals surface area contributed by atoms with Crippen molar-refractivity contribution in [3.63, 3.8) is 0 Å². The van der Waals surface area contributed by atoms with E-state index in [-0.39, 0.29) is 11.8 Å². The third-order valence-electron chi connectivity index (χ3n) is 6.90. The van der Waals surface area contributed by atoms with Crippen LogP contribution in [0, 0.1) is 0 Å². The van der Waals surface area contributed by atoms with E-state index < -0.39 is 5.66 Å². The Morgan fingerprint density at radius 3 is 2.44 bits per heavy atom. The number of para-hydroxylation sites is 3. The molecule has 2 amide bonds. The van der Waals surface area contributed by atoms with Crippen molar-refractivity contribution in [2.24, 2.45) is 0 Å². The van der Waals surface area contributed by atoms with Crippen molar-refractivity contribution in [2.75, 3.05) is 22.2 Å². The zero-order valence-corrected chi connectivity index (χ0v) is 18.3. The van der Waals surface area contributed by atoms with E-state index in [9.17, 15) is 9.59 Å². The minimum atomic E-state index is -1.41. The maximum atomic E-state index is 14.0. The van der Waals surface area contributed by atoms with E-state index in [4.69, 9.17) is 4.42 Å². The van der Waals surface area contributed by atoms with Gasteiger partial charge in [-0.05, 0) is 36.4 Å². The first-order valence-corrected chi connectivity index (χ1v) is 11.1. The quantitative estimate of drug-likeness (QED) is 0.371. The van der Waals surface area contributed by atoms with E-state index in [1.165, 1.54) is 0 Å². The summed E-state index contributed by atoms with van der Waals surface area (Å²) in [5, 5.41) is 5.41. The van der Waals surface area contributed by atoms with Crippen LogP contribution in [-0.4, -0.2) is 18.9 Å². The highest BCUT2D eigenvalue weighted by Gasteiger charge is 2.59. The van der Waals surface area contributed by atoms with Gasteiger partial charge in [-0.25, -0.2) is 0 Å². The highest BCUT2D eigenvalue weighted by Crippen LogP contribution is 2.49. The Morgan fingerprint density at radius 1 is 0.794 bits per heavy atom. The fourth-order valence-electron chi connectivity index (χ4n) is 5.34. The van der Waals surface area contributed by atoms with Gasteiger partial charge in [0.1, 0.15) is 11.2 Å². The molecule has 0 unspecified atom stereocenters. The van der Waals surface area contributed by atoms with Crippen LogP contribution in [0.4, 0.5) is 17.1 Å². The number of likely N-dealkylation sites (N-methyl/N-ethyl adjacent to an activating group) is 1. The lowest BCUT2D eigenvalue weighted by molar-refractivity contribution is -0.121. The fourth-order valence-corrected chi connectivity index (χ4v) is 5.34. The molecule has 2 aliphatic rings. The van der Waals surface area contributed by atoms with Gasteiger partial charge in [-0.1, -0.05) is 48.5 Å². The number of carbonyl (C=O) groups excluding carboxylic acids is 2. The third-order valence-corrected chi connectivity index (χ3v) is 6.90. The smallest absolute Gasteiger partial charge is 0.278 e. The first-order valence-electron chi connectivity index (χ1n) is 11.1. The van der Waals surface area contributed by atoms with Crippen molar-refractivity contribution in [3.05, 3.63) is 102 Å². The molecular weight excluding hydrogens is 426 g/mol. The Kier molecular flexibility index (Phi) is 3.61. The van der Waals surface area contributed by atoms with Gasteiger partial charge in [0.05, 0.1) is 16.9 Å². The third kappa shape index (κ3) is 2.24. The standard InChI is InChI=1S/C28H19N3O3/c1-30-23-12-6-4-10-21(23)28(27(30)33)29-22-11-5-2-9-20(22)26(32)31(28)17-14-15-19-18-8-3-7-13-24(18)34-25(19)16-17/h2-16,29H,1H3/t28-/m1/s1. The molecule has 7 rings (SSSR count). The number of amides is 2. The SMILES string of the molecule is CN1C(=O)[C@@]2(Nc3ccccc3C(=O)N2c2ccc3c(c2)oc2ccccc23)c2ccccc21. The second-order valence-corrected chi connectivity index (χ2v) is 8.68. The summed E-state index contributed by atoms with van der Waals surface area (Å²) in [5.74, 6) is -0.468. The summed E-state index contributed by atoms with van der Waals surface area (Å²) < 4.78 is 6.10. The largest absolute Gasteiger partial charge is 0.456 e. The van der Waals surface area contributed by atoms with Crippen molar-refractivity contribution in [1.82, 2.24) is 0 Å². The number of anilines is 3. The first kappa shape index (κ1) is 18.9. The second-order valence-electron chi connectivity index (χ2n) is 8.68. The molecule has 1 spiro atoms. The molecule has 4 aromatic carbocycles. The number of nitrogens with zero attached hydrogens (tertiary/aromatic N) is 2. The summed E-state index contributed by atoms with van der Waals surface area (Å²) in [7, 11) is 1.74. The molecule has 2 aliphatic heterocycles.